The lowest BCUT2D eigenvalue weighted by Crippen LogP contribution is -2.36. The average Bonchev–Trinajstić information content (AvgIpc) is 2.73. The van der Waals surface area contributed by atoms with Crippen LogP contribution in [0.1, 0.15) is 30.1 Å². The first-order chi connectivity index (χ1) is 13.5. The minimum absolute atomic E-state index is 0.217. The second-order valence-corrected chi connectivity index (χ2v) is 8.39. The lowest BCUT2D eigenvalue weighted by Gasteiger charge is -2.34. The van der Waals surface area contributed by atoms with Crippen molar-refractivity contribution in [1.82, 2.24) is 4.90 Å². The van der Waals surface area contributed by atoms with Gasteiger partial charge in [-0.3, -0.25) is 0 Å². The molecule has 1 aliphatic rings. The van der Waals surface area contributed by atoms with E-state index in [4.69, 9.17) is 9.47 Å². The maximum Gasteiger partial charge on any atom is 0.132 e. The number of likely N-dealkylation sites (tertiary alicyclic amines) is 1. The molecule has 1 saturated heterocycles. The number of nitrogens with zero attached hydrogens (tertiary/aromatic N) is 1. The van der Waals surface area contributed by atoms with Gasteiger partial charge in [0.2, 0.25) is 0 Å². The molecule has 1 aliphatic heterocycles. The molecule has 0 bridgehead atoms. The summed E-state index contributed by atoms with van der Waals surface area (Å²) in [6.07, 6.45) is 2.24. The van der Waals surface area contributed by atoms with Gasteiger partial charge in [0, 0.05) is 6.54 Å². The highest BCUT2D eigenvalue weighted by atomic mass is 127. The molecule has 0 radical (unpaired) electrons. The van der Waals surface area contributed by atoms with Gasteiger partial charge < -0.3 is 19.5 Å². The summed E-state index contributed by atoms with van der Waals surface area (Å²) in [4.78, 5) is 2.43. The van der Waals surface area contributed by atoms with Crippen molar-refractivity contribution in [3.8, 4) is 11.5 Å². The molecule has 1 atom stereocenters. The van der Waals surface area contributed by atoms with Crippen LogP contribution in [0.25, 0.3) is 0 Å². The highest BCUT2D eigenvalue weighted by molar-refractivity contribution is 14.1. The van der Waals surface area contributed by atoms with E-state index in [-0.39, 0.29) is 11.7 Å². The van der Waals surface area contributed by atoms with Crippen molar-refractivity contribution >= 4 is 22.6 Å². The topological polar surface area (TPSA) is 41.9 Å². The smallest absolute Gasteiger partial charge is 0.132 e. The largest absolute Gasteiger partial charge is 0.496 e. The number of piperidine rings is 1. The number of benzene rings is 2. The number of ether oxygens (including phenoxy) is 2. The molecule has 3 rings (SSSR count). The third-order valence-corrected chi connectivity index (χ3v) is 6.39. The van der Waals surface area contributed by atoms with E-state index in [2.05, 4.69) is 33.6 Å². The molecule has 2 aromatic carbocycles. The predicted molar refractivity (Wildman–Crippen MR) is 116 cm³/mol. The van der Waals surface area contributed by atoms with Gasteiger partial charge in [-0.25, -0.2) is 4.39 Å². The lowest BCUT2D eigenvalue weighted by atomic mass is 9.87. The standard InChI is InChI=1S/C22H27FINO3/c1-27-20-14-19(24)21(28-2)13-17(20)9-12-25-10-7-16(8-11-25)22(26)15-3-5-18(23)6-4-15/h3-6,13-14,16,22,26H,7-12H2,1-2H3. The molecule has 0 spiro atoms. The fourth-order valence-electron chi connectivity index (χ4n) is 3.82. The first-order valence-corrected chi connectivity index (χ1v) is 10.7. The first-order valence-electron chi connectivity index (χ1n) is 9.58. The average molecular weight is 499 g/mol. The molecule has 1 fully saturated rings. The van der Waals surface area contributed by atoms with Crippen LogP contribution in [0.15, 0.2) is 36.4 Å². The molecule has 1 heterocycles. The molecule has 0 saturated carbocycles. The zero-order chi connectivity index (χ0) is 20.1. The molecule has 2 aromatic rings. The minimum atomic E-state index is -0.525. The van der Waals surface area contributed by atoms with Crippen molar-refractivity contribution in [3.63, 3.8) is 0 Å². The summed E-state index contributed by atoms with van der Waals surface area (Å²) in [7, 11) is 3.38. The van der Waals surface area contributed by atoms with Gasteiger partial charge >= 0.3 is 0 Å². The van der Waals surface area contributed by atoms with Crippen molar-refractivity contribution in [2.45, 2.75) is 25.4 Å². The Morgan fingerprint density at radius 1 is 1.11 bits per heavy atom. The highest BCUT2D eigenvalue weighted by Gasteiger charge is 2.26. The molecule has 1 N–H and O–H groups in total. The van der Waals surface area contributed by atoms with Crippen molar-refractivity contribution in [3.05, 3.63) is 56.9 Å². The summed E-state index contributed by atoms with van der Waals surface area (Å²) in [5.74, 6) is 1.72. The van der Waals surface area contributed by atoms with Crippen molar-refractivity contribution < 1.29 is 19.0 Å². The zero-order valence-corrected chi connectivity index (χ0v) is 18.5. The molecule has 0 amide bonds. The van der Waals surface area contributed by atoms with E-state index in [1.807, 2.05) is 6.07 Å². The molecule has 152 valence electrons. The van der Waals surface area contributed by atoms with E-state index in [9.17, 15) is 9.50 Å². The Morgan fingerprint density at radius 3 is 2.36 bits per heavy atom. The summed E-state index contributed by atoms with van der Waals surface area (Å²) in [6.45, 7) is 2.85. The Balaban J connectivity index is 1.54. The van der Waals surface area contributed by atoms with Gasteiger partial charge in [-0.15, -0.1) is 0 Å². The predicted octanol–water partition coefficient (Wildman–Crippen LogP) is 4.44. The number of rotatable bonds is 7. The van der Waals surface area contributed by atoms with Crippen LogP contribution in [-0.2, 0) is 6.42 Å². The summed E-state index contributed by atoms with van der Waals surface area (Å²) >= 11 is 2.25. The van der Waals surface area contributed by atoms with Gasteiger partial charge in [0.25, 0.3) is 0 Å². The summed E-state index contributed by atoms with van der Waals surface area (Å²) < 4.78 is 25.1. The fraction of sp³-hybridized carbons (Fsp3) is 0.455. The lowest BCUT2D eigenvalue weighted by molar-refractivity contribution is 0.0591. The Hall–Kier alpha value is -1.38. The van der Waals surface area contributed by atoms with E-state index in [1.165, 1.54) is 12.1 Å². The summed E-state index contributed by atoms with van der Waals surface area (Å²) in [6, 6.07) is 10.3. The molecular formula is C22H27FINO3. The van der Waals surface area contributed by atoms with Crippen LogP contribution in [0.2, 0.25) is 0 Å². The van der Waals surface area contributed by atoms with E-state index < -0.39 is 6.10 Å². The second-order valence-electron chi connectivity index (χ2n) is 7.22. The van der Waals surface area contributed by atoms with Gasteiger partial charge in [-0.2, -0.15) is 0 Å². The third kappa shape index (κ3) is 5.15. The number of aliphatic hydroxyl groups is 1. The molecule has 4 nitrogen and oxygen atoms in total. The summed E-state index contributed by atoms with van der Waals surface area (Å²) in [5, 5.41) is 10.6. The second kappa shape index (κ2) is 9.89. The quantitative estimate of drug-likeness (QED) is 0.573. The van der Waals surface area contributed by atoms with Crippen molar-refractivity contribution in [1.29, 1.82) is 0 Å². The van der Waals surface area contributed by atoms with Gasteiger partial charge in [0.15, 0.2) is 0 Å². The Labute approximate surface area is 179 Å². The number of halogens is 2. The van der Waals surface area contributed by atoms with Crippen LogP contribution < -0.4 is 9.47 Å². The van der Waals surface area contributed by atoms with Crippen LogP contribution in [0.5, 0.6) is 11.5 Å². The maximum atomic E-state index is 13.1. The maximum absolute atomic E-state index is 13.1. The number of hydrogen-bond acceptors (Lipinski definition) is 4. The van der Waals surface area contributed by atoms with Gasteiger partial charge in [0.05, 0.1) is 23.9 Å². The van der Waals surface area contributed by atoms with Crippen LogP contribution in [0.3, 0.4) is 0 Å². The highest BCUT2D eigenvalue weighted by Crippen LogP contribution is 2.32. The molecule has 28 heavy (non-hydrogen) atoms. The molecule has 0 aliphatic carbocycles. The fourth-order valence-corrected chi connectivity index (χ4v) is 4.48. The van der Waals surface area contributed by atoms with Gasteiger partial charge in [0.1, 0.15) is 17.3 Å². The molecule has 1 unspecified atom stereocenters. The number of aliphatic hydroxyl groups excluding tert-OH is 1. The van der Waals surface area contributed by atoms with Crippen LogP contribution in [0.4, 0.5) is 4.39 Å². The van der Waals surface area contributed by atoms with E-state index in [1.54, 1.807) is 26.4 Å². The van der Waals surface area contributed by atoms with Crippen LogP contribution in [-0.4, -0.2) is 43.9 Å². The van der Waals surface area contributed by atoms with E-state index >= 15 is 0 Å². The minimum Gasteiger partial charge on any atom is -0.496 e. The third-order valence-electron chi connectivity index (χ3n) is 5.54. The van der Waals surface area contributed by atoms with Crippen LogP contribution in [0, 0.1) is 15.3 Å². The monoisotopic (exact) mass is 499 g/mol. The molecule has 6 heteroatoms. The van der Waals surface area contributed by atoms with Gasteiger partial charge in [-0.05, 0) is 96.3 Å². The Bertz CT molecular complexity index is 776. The van der Waals surface area contributed by atoms with Gasteiger partial charge in [-0.1, -0.05) is 12.1 Å². The van der Waals surface area contributed by atoms with E-state index in [0.29, 0.717) is 0 Å². The first kappa shape index (κ1) is 21.3. The van der Waals surface area contributed by atoms with Crippen LogP contribution >= 0.6 is 22.6 Å². The Morgan fingerprint density at radius 2 is 1.75 bits per heavy atom. The number of hydrogen-bond donors (Lipinski definition) is 1. The number of methoxy groups -OCH3 is 2. The molecule has 0 aromatic heterocycles. The normalized spacial score (nSPS) is 16.8. The SMILES string of the molecule is COc1cc(CCN2CCC(C(O)c3ccc(F)cc3)CC2)c(OC)cc1I. The summed E-state index contributed by atoms with van der Waals surface area (Å²) in [5.41, 5.74) is 1.95. The molecular weight excluding hydrogens is 472 g/mol. The van der Waals surface area contributed by atoms with Crippen molar-refractivity contribution in [2.24, 2.45) is 5.92 Å². The zero-order valence-electron chi connectivity index (χ0n) is 16.3. The Kier molecular flexibility index (Phi) is 7.54. The van der Waals surface area contributed by atoms with E-state index in [0.717, 1.165) is 65.1 Å². The van der Waals surface area contributed by atoms with Crippen molar-refractivity contribution in [2.75, 3.05) is 33.9 Å².